The molecule has 0 radical (unpaired) electrons. The van der Waals surface area contributed by atoms with Gasteiger partial charge in [0.05, 0.1) is 10.8 Å². The molecule has 25 heavy (non-hydrogen) atoms. The van der Waals surface area contributed by atoms with Crippen LogP contribution in [0.1, 0.15) is 52.5 Å². The SMILES string of the molecule is CC(C)(C)C(=O)CSc1nnc(-c2ccccc2Cl)n1C1CCCC1. The summed E-state index contributed by atoms with van der Waals surface area (Å²) in [6.07, 6.45) is 4.68. The Bertz CT molecular complexity index is 760. The van der Waals surface area contributed by atoms with Crippen LogP contribution in [-0.2, 0) is 4.79 Å². The van der Waals surface area contributed by atoms with Crippen molar-refractivity contribution in [3.63, 3.8) is 0 Å². The molecule has 0 aliphatic heterocycles. The first kappa shape index (κ1) is 18.5. The number of nitrogens with zero attached hydrogens (tertiary/aromatic N) is 3. The highest BCUT2D eigenvalue weighted by Crippen LogP contribution is 2.38. The second-order valence-electron chi connectivity index (χ2n) is 7.56. The molecule has 1 aliphatic rings. The Labute approximate surface area is 158 Å². The number of ketones is 1. The monoisotopic (exact) mass is 377 g/mol. The van der Waals surface area contributed by atoms with Crippen molar-refractivity contribution in [3.05, 3.63) is 29.3 Å². The highest BCUT2D eigenvalue weighted by Gasteiger charge is 2.27. The molecule has 0 spiro atoms. The van der Waals surface area contributed by atoms with Crippen LogP contribution >= 0.6 is 23.4 Å². The van der Waals surface area contributed by atoms with Gasteiger partial charge in [-0.3, -0.25) is 9.36 Å². The molecule has 0 bridgehead atoms. The van der Waals surface area contributed by atoms with Gasteiger partial charge in [-0.2, -0.15) is 0 Å². The average molecular weight is 378 g/mol. The largest absolute Gasteiger partial charge is 0.299 e. The van der Waals surface area contributed by atoms with E-state index in [4.69, 9.17) is 11.6 Å². The van der Waals surface area contributed by atoms with Crippen LogP contribution in [0.15, 0.2) is 29.4 Å². The van der Waals surface area contributed by atoms with E-state index in [0.29, 0.717) is 16.8 Å². The number of thioether (sulfide) groups is 1. The van der Waals surface area contributed by atoms with Crippen LogP contribution in [0.4, 0.5) is 0 Å². The third-order valence-electron chi connectivity index (χ3n) is 4.64. The Hall–Kier alpha value is -1.33. The molecule has 1 fully saturated rings. The van der Waals surface area contributed by atoms with Crippen molar-refractivity contribution in [3.8, 4) is 11.4 Å². The molecule has 1 aliphatic carbocycles. The van der Waals surface area contributed by atoms with Gasteiger partial charge in [-0.15, -0.1) is 10.2 Å². The van der Waals surface area contributed by atoms with Gasteiger partial charge in [0.2, 0.25) is 0 Å². The lowest BCUT2D eigenvalue weighted by Gasteiger charge is -2.19. The van der Waals surface area contributed by atoms with Gasteiger partial charge in [-0.1, -0.05) is 69.1 Å². The lowest BCUT2D eigenvalue weighted by Crippen LogP contribution is -2.22. The fraction of sp³-hybridized carbons (Fsp3) is 0.526. The van der Waals surface area contributed by atoms with Gasteiger partial charge >= 0.3 is 0 Å². The first-order valence-corrected chi connectivity index (χ1v) is 10.1. The average Bonchev–Trinajstić information content (AvgIpc) is 3.21. The van der Waals surface area contributed by atoms with Crippen molar-refractivity contribution >= 4 is 29.1 Å². The zero-order valence-corrected chi connectivity index (χ0v) is 16.5. The lowest BCUT2D eigenvalue weighted by atomic mass is 9.92. The summed E-state index contributed by atoms with van der Waals surface area (Å²) in [5.41, 5.74) is 0.564. The summed E-state index contributed by atoms with van der Waals surface area (Å²) < 4.78 is 2.20. The Balaban J connectivity index is 1.94. The first-order valence-electron chi connectivity index (χ1n) is 8.74. The van der Waals surface area contributed by atoms with Gasteiger partial charge in [0.1, 0.15) is 5.78 Å². The topological polar surface area (TPSA) is 47.8 Å². The zero-order valence-electron chi connectivity index (χ0n) is 15.0. The van der Waals surface area contributed by atoms with Crippen LogP contribution in [0.2, 0.25) is 5.02 Å². The summed E-state index contributed by atoms with van der Waals surface area (Å²) in [7, 11) is 0. The quantitative estimate of drug-likeness (QED) is 0.652. The van der Waals surface area contributed by atoms with Gasteiger partial charge in [0, 0.05) is 17.0 Å². The van der Waals surface area contributed by atoms with E-state index in [1.165, 1.54) is 24.6 Å². The highest BCUT2D eigenvalue weighted by atomic mass is 35.5. The van der Waals surface area contributed by atoms with E-state index in [-0.39, 0.29) is 11.2 Å². The van der Waals surface area contributed by atoms with Crippen molar-refractivity contribution in [2.45, 2.75) is 57.7 Å². The minimum absolute atomic E-state index is 0.220. The summed E-state index contributed by atoms with van der Waals surface area (Å²) in [4.78, 5) is 12.3. The van der Waals surface area contributed by atoms with Crippen LogP contribution < -0.4 is 0 Å². The summed E-state index contributed by atoms with van der Waals surface area (Å²) in [6, 6.07) is 8.12. The summed E-state index contributed by atoms with van der Waals surface area (Å²) in [5, 5.41) is 10.3. The van der Waals surface area contributed by atoms with Gasteiger partial charge in [0.15, 0.2) is 11.0 Å². The number of rotatable bonds is 5. The number of carbonyl (C=O) groups is 1. The van der Waals surface area contributed by atoms with Gasteiger partial charge in [0.25, 0.3) is 0 Å². The van der Waals surface area contributed by atoms with E-state index in [1.807, 2.05) is 45.0 Å². The standard InChI is InChI=1S/C19H24ClN3OS/c1-19(2,3)16(24)12-25-18-22-21-17(14-10-6-7-11-15(14)20)23(18)13-8-4-5-9-13/h6-7,10-11,13H,4-5,8-9,12H2,1-3H3. The molecule has 0 amide bonds. The van der Waals surface area contributed by atoms with Crippen LogP contribution in [0.3, 0.4) is 0 Å². The van der Waals surface area contributed by atoms with E-state index in [1.54, 1.807) is 0 Å². The smallest absolute Gasteiger partial charge is 0.192 e. The van der Waals surface area contributed by atoms with Crippen molar-refractivity contribution in [2.24, 2.45) is 5.41 Å². The van der Waals surface area contributed by atoms with Crippen molar-refractivity contribution < 1.29 is 4.79 Å². The zero-order chi connectivity index (χ0) is 18.0. The Kier molecular flexibility index (Phi) is 5.54. The molecule has 1 aromatic heterocycles. The van der Waals surface area contributed by atoms with Crippen molar-refractivity contribution in [2.75, 3.05) is 5.75 Å². The molecule has 6 heteroatoms. The van der Waals surface area contributed by atoms with Crippen LogP contribution in [0.5, 0.6) is 0 Å². The van der Waals surface area contributed by atoms with E-state index in [0.717, 1.165) is 29.4 Å². The molecular weight excluding hydrogens is 354 g/mol. The van der Waals surface area contributed by atoms with E-state index in [9.17, 15) is 4.79 Å². The fourth-order valence-electron chi connectivity index (χ4n) is 3.04. The number of benzene rings is 1. The highest BCUT2D eigenvalue weighted by molar-refractivity contribution is 7.99. The number of hydrogen-bond acceptors (Lipinski definition) is 4. The number of hydrogen-bond donors (Lipinski definition) is 0. The molecule has 0 N–H and O–H groups in total. The predicted octanol–water partition coefficient (Wildman–Crippen LogP) is 5.42. The van der Waals surface area contributed by atoms with E-state index < -0.39 is 0 Å². The number of carbonyl (C=O) groups excluding carboxylic acids is 1. The number of Topliss-reactive ketones (excluding diaryl/α,β-unsaturated/α-hetero) is 1. The third-order valence-corrected chi connectivity index (χ3v) is 5.91. The fourth-order valence-corrected chi connectivity index (χ4v) is 4.43. The number of aromatic nitrogens is 3. The molecule has 4 nitrogen and oxygen atoms in total. The van der Waals surface area contributed by atoms with Gasteiger partial charge in [-0.05, 0) is 25.0 Å². The molecular formula is C19H24ClN3OS. The Morgan fingerprint density at radius 2 is 1.92 bits per heavy atom. The van der Waals surface area contributed by atoms with Crippen molar-refractivity contribution in [1.82, 2.24) is 14.8 Å². The Morgan fingerprint density at radius 1 is 1.24 bits per heavy atom. The summed E-state index contributed by atoms with van der Waals surface area (Å²) in [6.45, 7) is 5.85. The first-order chi connectivity index (χ1) is 11.9. The van der Waals surface area contributed by atoms with Gasteiger partial charge in [-0.25, -0.2) is 0 Å². The van der Waals surface area contributed by atoms with Crippen LogP contribution in [-0.4, -0.2) is 26.3 Å². The van der Waals surface area contributed by atoms with Crippen LogP contribution in [0, 0.1) is 5.41 Å². The van der Waals surface area contributed by atoms with E-state index in [2.05, 4.69) is 14.8 Å². The number of halogens is 1. The third kappa shape index (κ3) is 4.09. The molecule has 1 saturated carbocycles. The minimum Gasteiger partial charge on any atom is -0.299 e. The second kappa shape index (κ2) is 7.50. The normalized spacial score (nSPS) is 15.7. The molecule has 3 rings (SSSR count). The van der Waals surface area contributed by atoms with Crippen LogP contribution in [0.25, 0.3) is 11.4 Å². The molecule has 0 unspecified atom stereocenters. The molecule has 134 valence electrons. The van der Waals surface area contributed by atoms with Crippen molar-refractivity contribution in [1.29, 1.82) is 0 Å². The van der Waals surface area contributed by atoms with E-state index >= 15 is 0 Å². The lowest BCUT2D eigenvalue weighted by molar-refractivity contribution is -0.123. The predicted molar refractivity (Wildman–Crippen MR) is 103 cm³/mol. The van der Waals surface area contributed by atoms with Gasteiger partial charge < -0.3 is 0 Å². The molecule has 2 aromatic rings. The molecule has 1 heterocycles. The molecule has 1 aromatic carbocycles. The summed E-state index contributed by atoms with van der Waals surface area (Å²) >= 11 is 7.88. The molecule has 0 atom stereocenters. The minimum atomic E-state index is -0.337. The maximum Gasteiger partial charge on any atom is 0.192 e. The Morgan fingerprint density at radius 3 is 2.56 bits per heavy atom. The summed E-state index contributed by atoms with van der Waals surface area (Å²) in [5.74, 6) is 1.44. The second-order valence-corrected chi connectivity index (χ2v) is 8.91. The maximum atomic E-state index is 12.3. The molecule has 0 saturated heterocycles. The maximum absolute atomic E-state index is 12.3.